The summed E-state index contributed by atoms with van der Waals surface area (Å²) >= 11 is 0. The van der Waals surface area contributed by atoms with Crippen molar-refractivity contribution in [1.29, 1.82) is 0 Å². The molecule has 1 unspecified atom stereocenters. The molecule has 4 heteroatoms. The summed E-state index contributed by atoms with van der Waals surface area (Å²) in [5.74, 6) is 1.42. The first kappa shape index (κ1) is 11.3. The third-order valence-electron chi connectivity index (χ3n) is 4.00. The second kappa shape index (κ2) is 3.83. The lowest BCUT2D eigenvalue weighted by molar-refractivity contribution is -0.111. The summed E-state index contributed by atoms with van der Waals surface area (Å²) in [5, 5.41) is 2.97. The summed E-state index contributed by atoms with van der Waals surface area (Å²) in [6, 6.07) is 4.09. The number of pyridine rings is 1. The smallest absolute Gasteiger partial charge is 0.207 e. The van der Waals surface area contributed by atoms with E-state index in [2.05, 4.69) is 34.6 Å². The van der Waals surface area contributed by atoms with Crippen molar-refractivity contribution in [3.8, 4) is 0 Å². The van der Waals surface area contributed by atoms with Crippen LogP contribution in [0.5, 0.6) is 0 Å². The van der Waals surface area contributed by atoms with Gasteiger partial charge in [-0.15, -0.1) is 0 Å². The molecule has 1 aliphatic rings. The lowest BCUT2D eigenvalue weighted by atomic mass is 9.95. The molecule has 3 rings (SSSR count). The van der Waals surface area contributed by atoms with Gasteiger partial charge in [0.2, 0.25) is 6.41 Å². The quantitative estimate of drug-likeness (QED) is 0.835. The number of nitrogens with zero attached hydrogens (tertiary/aromatic N) is 2. The highest BCUT2D eigenvalue weighted by Crippen LogP contribution is 2.44. The minimum atomic E-state index is -0.359. The maximum absolute atomic E-state index is 10.9. The van der Waals surface area contributed by atoms with Crippen LogP contribution in [0, 0.1) is 12.8 Å². The van der Waals surface area contributed by atoms with Crippen molar-refractivity contribution in [2.75, 3.05) is 0 Å². The molecule has 4 nitrogen and oxygen atoms in total. The molecular formula is C14H17N3O. The van der Waals surface area contributed by atoms with Crippen molar-refractivity contribution >= 4 is 11.9 Å². The molecule has 1 N–H and O–H groups in total. The predicted octanol–water partition coefficient (Wildman–Crippen LogP) is 2.01. The molecule has 1 atom stereocenters. The van der Waals surface area contributed by atoms with E-state index in [0.29, 0.717) is 5.92 Å². The molecule has 2 aromatic heterocycles. The highest BCUT2D eigenvalue weighted by Gasteiger charge is 2.45. The fourth-order valence-electron chi connectivity index (χ4n) is 2.69. The van der Waals surface area contributed by atoms with Crippen molar-refractivity contribution in [2.45, 2.75) is 32.2 Å². The molecular weight excluding hydrogens is 226 g/mol. The Balaban J connectivity index is 2.18. The van der Waals surface area contributed by atoms with E-state index in [9.17, 15) is 4.79 Å². The standard InChI is InChI=1S/C14H17N3O/c1-10-4-3-7-17-12(10)8-15-13(17)14(2,16-9-18)11-5-6-11/h3-4,7-9,11H,5-6H2,1-2H3,(H,16,18). The van der Waals surface area contributed by atoms with E-state index in [0.717, 1.165) is 30.6 Å². The maximum atomic E-state index is 10.9. The van der Waals surface area contributed by atoms with Gasteiger partial charge in [-0.05, 0) is 44.2 Å². The molecule has 0 saturated heterocycles. The summed E-state index contributed by atoms with van der Waals surface area (Å²) in [6.45, 7) is 4.14. The summed E-state index contributed by atoms with van der Waals surface area (Å²) < 4.78 is 2.09. The molecule has 0 bridgehead atoms. The zero-order valence-electron chi connectivity index (χ0n) is 10.7. The number of aryl methyl sites for hydroxylation is 1. The van der Waals surface area contributed by atoms with Crippen LogP contribution in [0.3, 0.4) is 0 Å². The Kier molecular flexibility index (Phi) is 2.40. The lowest BCUT2D eigenvalue weighted by Crippen LogP contribution is -2.42. The minimum absolute atomic E-state index is 0.359. The molecule has 1 saturated carbocycles. The zero-order chi connectivity index (χ0) is 12.8. The Morgan fingerprint density at radius 3 is 3.00 bits per heavy atom. The molecule has 2 heterocycles. The van der Waals surface area contributed by atoms with Gasteiger partial charge >= 0.3 is 0 Å². The average molecular weight is 243 g/mol. The van der Waals surface area contributed by atoms with Gasteiger partial charge in [0.15, 0.2) is 0 Å². The Morgan fingerprint density at radius 1 is 1.56 bits per heavy atom. The number of carbonyl (C=O) groups excluding carboxylic acids is 1. The molecule has 0 spiro atoms. The van der Waals surface area contributed by atoms with Crippen molar-refractivity contribution < 1.29 is 4.79 Å². The van der Waals surface area contributed by atoms with Crippen molar-refractivity contribution in [3.63, 3.8) is 0 Å². The molecule has 0 aliphatic heterocycles. The van der Waals surface area contributed by atoms with E-state index in [1.54, 1.807) is 0 Å². The maximum Gasteiger partial charge on any atom is 0.207 e. The van der Waals surface area contributed by atoms with Gasteiger partial charge in [0, 0.05) is 6.20 Å². The van der Waals surface area contributed by atoms with Crippen molar-refractivity contribution in [1.82, 2.24) is 14.7 Å². The first-order valence-corrected chi connectivity index (χ1v) is 6.31. The van der Waals surface area contributed by atoms with E-state index < -0.39 is 0 Å². The fourth-order valence-corrected chi connectivity index (χ4v) is 2.69. The van der Waals surface area contributed by atoms with Crippen LogP contribution in [0.2, 0.25) is 0 Å². The van der Waals surface area contributed by atoms with Crippen molar-refractivity contribution in [2.24, 2.45) is 5.92 Å². The third kappa shape index (κ3) is 1.52. The number of carbonyl (C=O) groups is 1. The van der Waals surface area contributed by atoms with E-state index in [1.165, 1.54) is 5.56 Å². The minimum Gasteiger partial charge on any atom is -0.346 e. The molecule has 1 amide bonds. The fraction of sp³-hybridized carbons (Fsp3) is 0.429. The number of rotatable bonds is 4. The first-order valence-electron chi connectivity index (χ1n) is 6.31. The number of hydrogen-bond acceptors (Lipinski definition) is 2. The molecule has 1 fully saturated rings. The average Bonchev–Trinajstić information content (AvgIpc) is 3.10. The molecule has 1 aliphatic carbocycles. The number of amides is 1. The van der Waals surface area contributed by atoms with E-state index in [4.69, 9.17) is 0 Å². The van der Waals surface area contributed by atoms with E-state index >= 15 is 0 Å². The van der Waals surface area contributed by atoms with Gasteiger partial charge < -0.3 is 9.72 Å². The Labute approximate surface area is 106 Å². The van der Waals surface area contributed by atoms with Gasteiger partial charge in [0.25, 0.3) is 0 Å². The number of aromatic nitrogens is 2. The van der Waals surface area contributed by atoms with Crippen LogP contribution in [0.15, 0.2) is 24.5 Å². The molecule has 94 valence electrons. The monoisotopic (exact) mass is 243 g/mol. The second-order valence-corrected chi connectivity index (χ2v) is 5.27. The Hall–Kier alpha value is -1.84. The summed E-state index contributed by atoms with van der Waals surface area (Å²) in [4.78, 5) is 15.5. The zero-order valence-corrected chi connectivity index (χ0v) is 10.7. The number of fused-ring (bicyclic) bond motifs is 1. The Morgan fingerprint density at radius 2 is 2.33 bits per heavy atom. The van der Waals surface area contributed by atoms with Gasteiger partial charge in [-0.2, -0.15) is 0 Å². The van der Waals surface area contributed by atoms with Gasteiger partial charge in [0.1, 0.15) is 5.82 Å². The third-order valence-corrected chi connectivity index (χ3v) is 4.00. The van der Waals surface area contributed by atoms with Crippen LogP contribution < -0.4 is 5.32 Å². The normalized spacial score (nSPS) is 18.6. The molecule has 2 aromatic rings. The summed E-state index contributed by atoms with van der Waals surface area (Å²) in [6.07, 6.45) is 6.99. The number of hydrogen-bond donors (Lipinski definition) is 1. The number of imidazole rings is 1. The predicted molar refractivity (Wildman–Crippen MR) is 69.2 cm³/mol. The van der Waals surface area contributed by atoms with Gasteiger partial charge in [0.05, 0.1) is 17.3 Å². The van der Waals surface area contributed by atoms with Crippen molar-refractivity contribution in [3.05, 3.63) is 35.9 Å². The van der Waals surface area contributed by atoms with Crippen LogP contribution in [-0.4, -0.2) is 15.8 Å². The Bertz CT molecular complexity index is 600. The SMILES string of the molecule is Cc1cccn2c(C(C)(NC=O)C3CC3)ncc12. The van der Waals surface area contributed by atoms with Crippen LogP contribution in [0.1, 0.15) is 31.2 Å². The largest absolute Gasteiger partial charge is 0.346 e. The highest BCUT2D eigenvalue weighted by molar-refractivity contribution is 5.55. The van der Waals surface area contributed by atoms with Crippen LogP contribution in [0.25, 0.3) is 5.52 Å². The molecule has 0 aromatic carbocycles. The molecule has 18 heavy (non-hydrogen) atoms. The van der Waals surface area contributed by atoms with E-state index in [1.807, 2.05) is 18.5 Å². The lowest BCUT2D eigenvalue weighted by Gasteiger charge is -2.27. The van der Waals surface area contributed by atoms with Crippen LogP contribution in [0.4, 0.5) is 0 Å². The first-order chi connectivity index (χ1) is 8.66. The van der Waals surface area contributed by atoms with Gasteiger partial charge in [-0.25, -0.2) is 4.98 Å². The van der Waals surface area contributed by atoms with E-state index in [-0.39, 0.29) is 5.54 Å². The summed E-state index contributed by atoms with van der Waals surface area (Å²) in [5.41, 5.74) is 1.94. The second-order valence-electron chi connectivity index (χ2n) is 5.27. The van der Waals surface area contributed by atoms with Gasteiger partial charge in [-0.1, -0.05) is 6.07 Å². The van der Waals surface area contributed by atoms with Crippen LogP contribution >= 0.6 is 0 Å². The number of nitrogens with one attached hydrogen (secondary N) is 1. The van der Waals surface area contributed by atoms with Crippen LogP contribution in [-0.2, 0) is 10.3 Å². The topological polar surface area (TPSA) is 46.4 Å². The molecule has 0 radical (unpaired) electrons. The highest BCUT2D eigenvalue weighted by atomic mass is 16.1. The van der Waals surface area contributed by atoms with Gasteiger partial charge in [-0.3, -0.25) is 4.79 Å². The summed E-state index contributed by atoms with van der Waals surface area (Å²) in [7, 11) is 0.